The fraction of sp³-hybridized carbons (Fsp3) is 0.0370. The lowest BCUT2D eigenvalue weighted by molar-refractivity contribution is 0.743. The number of nitrogens with zero attached hydrogens (tertiary/aromatic N) is 1. The summed E-state index contributed by atoms with van der Waals surface area (Å²) in [5, 5.41) is 2.06. The average Bonchev–Trinajstić information content (AvgIpc) is 3.28. The third-order valence-corrected chi connectivity index (χ3v) is 6.18. The van der Waals surface area contributed by atoms with Gasteiger partial charge < -0.3 is 4.57 Å². The Hall–Kier alpha value is -3.29. The summed E-state index contributed by atoms with van der Waals surface area (Å²) in [6, 6.07) is 36.7. The second-order valence-electron chi connectivity index (χ2n) is 7.52. The maximum absolute atomic E-state index is 6.19. The van der Waals surface area contributed by atoms with Crippen LogP contribution in [0.5, 0.6) is 0 Å². The molecule has 2 heterocycles. The van der Waals surface area contributed by atoms with Gasteiger partial charge in [0.25, 0.3) is 0 Å². The predicted molar refractivity (Wildman–Crippen MR) is 122 cm³/mol. The van der Waals surface area contributed by atoms with Crippen molar-refractivity contribution in [3.8, 4) is 22.4 Å². The van der Waals surface area contributed by atoms with Crippen molar-refractivity contribution in [1.29, 1.82) is 0 Å². The fourth-order valence-electron chi connectivity index (χ4n) is 4.76. The van der Waals surface area contributed by atoms with Gasteiger partial charge >= 0.3 is 0 Å². The number of hydrogen-bond donors (Lipinski definition) is 0. The first-order chi connectivity index (χ1) is 14.3. The molecule has 138 valence electrons. The highest BCUT2D eigenvalue weighted by Gasteiger charge is 2.34. The minimum Gasteiger partial charge on any atom is -0.328 e. The van der Waals surface area contributed by atoms with E-state index in [0.717, 1.165) is 5.02 Å². The Bertz CT molecular complexity index is 1350. The minimum absolute atomic E-state index is 0.140. The Morgan fingerprint density at radius 1 is 0.655 bits per heavy atom. The number of rotatable bonds is 2. The SMILES string of the molecule is Clc1ccc(C2c3ccccc3-c3c(-c4ccccc4)c4ccccc4n32)cc1. The largest absolute Gasteiger partial charge is 0.328 e. The van der Waals surface area contributed by atoms with Crippen LogP contribution in [0.2, 0.25) is 5.02 Å². The molecule has 6 rings (SSSR count). The van der Waals surface area contributed by atoms with Crippen LogP contribution in [0.15, 0.2) is 103 Å². The van der Waals surface area contributed by atoms with E-state index in [1.807, 2.05) is 12.1 Å². The van der Waals surface area contributed by atoms with Gasteiger partial charge in [0.1, 0.15) is 0 Å². The van der Waals surface area contributed by atoms with Crippen molar-refractivity contribution in [3.05, 3.63) is 119 Å². The summed E-state index contributed by atoms with van der Waals surface area (Å²) in [7, 11) is 0. The second kappa shape index (κ2) is 6.37. The molecular weight excluding hydrogens is 374 g/mol. The van der Waals surface area contributed by atoms with Crippen LogP contribution in [0, 0.1) is 0 Å². The smallest absolute Gasteiger partial charge is 0.0852 e. The Kier molecular flexibility index (Phi) is 3.65. The summed E-state index contributed by atoms with van der Waals surface area (Å²) in [4.78, 5) is 0. The van der Waals surface area contributed by atoms with E-state index in [1.165, 1.54) is 44.4 Å². The molecule has 0 aliphatic carbocycles. The molecule has 0 N–H and O–H groups in total. The van der Waals surface area contributed by atoms with Gasteiger partial charge in [0.15, 0.2) is 0 Å². The predicted octanol–water partition coefficient (Wildman–Crippen LogP) is 7.58. The molecule has 29 heavy (non-hydrogen) atoms. The van der Waals surface area contributed by atoms with Crippen LogP contribution in [-0.4, -0.2) is 4.57 Å². The van der Waals surface area contributed by atoms with E-state index in [1.54, 1.807) is 0 Å². The monoisotopic (exact) mass is 391 g/mol. The Morgan fingerprint density at radius 3 is 2.17 bits per heavy atom. The topological polar surface area (TPSA) is 4.93 Å². The van der Waals surface area contributed by atoms with Gasteiger partial charge in [-0.3, -0.25) is 0 Å². The lowest BCUT2D eigenvalue weighted by Crippen LogP contribution is -2.07. The third-order valence-electron chi connectivity index (χ3n) is 5.93. The summed E-state index contributed by atoms with van der Waals surface area (Å²) in [6.45, 7) is 0. The van der Waals surface area contributed by atoms with Crippen molar-refractivity contribution >= 4 is 22.5 Å². The van der Waals surface area contributed by atoms with Crippen molar-refractivity contribution in [2.45, 2.75) is 6.04 Å². The lowest BCUT2D eigenvalue weighted by Gasteiger charge is -2.17. The molecule has 1 unspecified atom stereocenters. The number of benzene rings is 4. The third kappa shape index (κ3) is 2.41. The highest BCUT2D eigenvalue weighted by atomic mass is 35.5. The molecule has 1 aromatic heterocycles. The van der Waals surface area contributed by atoms with Crippen molar-refractivity contribution in [2.24, 2.45) is 0 Å². The van der Waals surface area contributed by atoms with Gasteiger partial charge in [0.05, 0.1) is 17.3 Å². The van der Waals surface area contributed by atoms with Gasteiger partial charge in [-0.2, -0.15) is 0 Å². The molecule has 5 aromatic rings. The van der Waals surface area contributed by atoms with Gasteiger partial charge in [-0.1, -0.05) is 96.5 Å². The van der Waals surface area contributed by atoms with E-state index < -0.39 is 0 Å². The molecule has 0 radical (unpaired) electrons. The zero-order chi connectivity index (χ0) is 19.4. The molecule has 1 aliphatic heterocycles. The molecule has 1 atom stereocenters. The highest BCUT2D eigenvalue weighted by Crippen LogP contribution is 2.51. The van der Waals surface area contributed by atoms with E-state index in [-0.39, 0.29) is 6.04 Å². The van der Waals surface area contributed by atoms with Crippen molar-refractivity contribution in [1.82, 2.24) is 4.57 Å². The Balaban J connectivity index is 1.75. The van der Waals surface area contributed by atoms with Gasteiger partial charge in [-0.15, -0.1) is 0 Å². The lowest BCUT2D eigenvalue weighted by atomic mass is 9.93. The number of para-hydroxylation sites is 1. The second-order valence-corrected chi connectivity index (χ2v) is 7.95. The van der Waals surface area contributed by atoms with Crippen molar-refractivity contribution < 1.29 is 0 Å². The van der Waals surface area contributed by atoms with Crippen molar-refractivity contribution in [3.63, 3.8) is 0 Å². The van der Waals surface area contributed by atoms with E-state index in [2.05, 4.69) is 95.6 Å². The van der Waals surface area contributed by atoms with Gasteiger partial charge in [0.2, 0.25) is 0 Å². The van der Waals surface area contributed by atoms with Gasteiger partial charge in [-0.05, 0) is 34.9 Å². The van der Waals surface area contributed by atoms with Crippen LogP contribution in [0.4, 0.5) is 0 Å². The number of fused-ring (bicyclic) bond motifs is 5. The van der Waals surface area contributed by atoms with Crippen LogP contribution < -0.4 is 0 Å². The van der Waals surface area contributed by atoms with Gasteiger partial charge in [-0.25, -0.2) is 0 Å². The van der Waals surface area contributed by atoms with Crippen LogP contribution >= 0.6 is 11.6 Å². The Morgan fingerprint density at radius 2 is 1.34 bits per heavy atom. The molecule has 1 aliphatic rings. The first-order valence-electron chi connectivity index (χ1n) is 9.86. The number of hydrogen-bond acceptors (Lipinski definition) is 0. The quantitative estimate of drug-likeness (QED) is 0.286. The molecule has 0 spiro atoms. The molecule has 0 fully saturated rings. The van der Waals surface area contributed by atoms with E-state index in [4.69, 9.17) is 11.6 Å². The van der Waals surface area contributed by atoms with Crippen LogP contribution in [0.25, 0.3) is 33.3 Å². The van der Waals surface area contributed by atoms with E-state index in [0.29, 0.717) is 0 Å². The standard InChI is InChI=1S/C27H18ClN/c28-20-16-14-19(15-17-20)26-21-10-4-5-11-22(21)27-25(18-8-2-1-3-9-18)23-12-6-7-13-24(23)29(26)27/h1-17,26H. The summed E-state index contributed by atoms with van der Waals surface area (Å²) < 4.78 is 2.51. The van der Waals surface area contributed by atoms with Gasteiger partial charge in [0, 0.05) is 21.5 Å². The maximum atomic E-state index is 6.19. The molecule has 0 saturated carbocycles. The highest BCUT2D eigenvalue weighted by molar-refractivity contribution is 6.30. The zero-order valence-electron chi connectivity index (χ0n) is 15.7. The summed E-state index contributed by atoms with van der Waals surface area (Å²) in [6.07, 6.45) is 0. The number of aromatic nitrogens is 1. The summed E-state index contributed by atoms with van der Waals surface area (Å²) >= 11 is 6.19. The maximum Gasteiger partial charge on any atom is 0.0852 e. The first kappa shape index (κ1) is 16.6. The average molecular weight is 392 g/mol. The minimum atomic E-state index is 0.140. The number of halogens is 1. The zero-order valence-corrected chi connectivity index (χ0v) is 16.5. The summed E-state index contributed by atoms with van der Waals surface area (Å²) in [5.74, 6) is 0. The van der Waals surface area contributed by atoms with Crippen LogP contribution in [0.1, 0.15) is 17.2 Å². The molecule has 0 saturated heterocycles. The molecule has 1 nitrogen and oxygen atoms in total. The normalized spacial score (nSPS) is 14.7. The fourth-order valence-corrected chi connectivity index (χ4v) is 4.88. The van der Waals surface area contributed by atoms with Crippen LogP contribution in [-0.2, 0) is 0 Å². The molecular formula is C27H18ClN. The Labute approximate surface area is 174 Å². The van der Waals surface area contributed by atoms with E-state index in [9.17, 15) is 0 Å². The molecule has 0 bridgehead atoms. The molecule has 0 amide bonds. The molecule has 2 heteroatoms. The molecule has 4 aromatic carbocycles. The van der Waals surface area contributed by atoms with Crippen molar-refractivity contribution in [2.75, 3.05) is 0 Å². The van der Waals surface area contributed by atoms with Crippen LogP contribution in [0.3, 0.4) is 0 Å². The summed E-state index contributed by atoms with van der Waals surface area (Å²) in [5.41, 5.74) is 9.02. The van der Waals surface area contributed by atoms with E-state index >= 15 is 0 Å². The first-order valence-corrected chi connectivity index (χ1v) is 10.2.